The number of rotatable bonds is 8. The SMILES string of the molecule is CN1CCC(c2ccc(C(=O)Nc3n[nH]c4ccc(S(=O)(=O)Cc5cc(Cl)ccc5Cl)nc34)c(NC3CCOCC3)c2)CC1. The summed E-state index contributed by atoms with van der Waals surface area (Å²) in [5.74, 6) is -0.182. The molecule has 2 fully saturated rings. The highest BCUT2D eigenvalue weighted by molar-refractivity contribution is 7.90. The molecule has 0 radical (unpaired) electrons. The molecule has 4 aromatic rings. The number of nitrogens with zero attached hydrogens (tertiary/aromatic N) is 3. The molecular formula is C31H34Cl2N6O4S. The predicted molar refractivity (Wildman–Crippen MR) is 173 cm³/mol. The number of sulfone groups is 1. The van der Waals surface area contributed by atoms with Crippen molar-refractivity contribution in [3.8, 4) is 0 Å². The highest BCUT2D eigenvalue weighted by Crippen LogP contribution is 2.32. The Kier molecular flexibility index (Phi) is 9.11. The molecule has 3 N–H and O–H groups in total. The van der Waals surface area contributed by atoms with E-state index in [1.54, 1.807) is 18.2 Å². The van der Waals surface area contributed by atoms with Crippen molar-refractivity contribution in [3.05, 3.63) is 75.3 Å². The zero-order valence-corrected chi connectivity index (χ0v) is 26.6. The highest BCUT2D eigenvalue weighted by Gasteiger charge is 2.25. The maximum absolute atomic E-state index is 13.7. The van der Waals surface area contributed by atoms with Crippen molar-refractivity contribution < 1.29 is 17.9 Å². The first kappa shape index (κ1) is 30.8. The summed E-state index contributed by atoms with van der Waals surface area (Å²) >= 11 is 12.3. The van der Waals surface area contributed by atoms with Gasteiger partial charge in [-0.2, -0.15) is 5.10 Å². The van der Waals surface area contributed by atoms with Gasteiger partial charge in [0, 0.05) is 35.0 Å². The number of fused-ring (bicyclic) bond motifs is 1. The lowest BCUT2D eigenvalue weighted by Crippen LogP contribution is -2.30. The van der Waals surface area contributed by atoms with E-state index >= 15 is 0 Å². The number of piperidine rings is 1. The molecule has 0 saturated carbocycles. The summed E-state index contributed by atoms with van der Waals surface area (Å²) in [6, 6.07) is 13.8. The van der Waals surface area contributed by atoms with Crippen LogP contribution in [0, 0.1) is 0 Å². The summed E-state index contributed by atoms with van der Waals surface area (Å²) in [6.07, 6.45) is 3.84. The van der Waals surface area contributed by atoms with Crippen LogP contribution >= 0.6 is 23.2 Å². The van der Waals surface area contributed by atoms with Crippen molar-refractivity contribution in [2.45, 2.75) is 48.4 Å². The molecule has 2 saturated heterocycles. The van der Waals surface area contributed by atoms with Crippen molar-refractivity contribution in [1.82, 2.24) is 20.1 Å². The van der Waals surface area contributed by atoms with Crippen LogP contribution in [-0.4, -0.2) is 73.8 Å². The summed E-state index contributed by atoms with van der Waals surface area (Å²) < 4.78 is 32.1. The molecular weight excluding hydrogens is 623 g/mol. The molecule has 232 valence electrons. The fourth-order valence-corrected chi connectivity index (χ4v) is 7.55. The van der Waals surface area contributed by atoms with Crippen LogP contribution < -0.4 is 10.6 Å². The lowest BCUT2D eigenvalue weighted by molar-refractivity contribution is 0.0904. The Morgan fingerprint density at radius 3 is 2.59 bits per heavy atom. The van der Waals surface area contributed by atoms with E-state index < -0.39 is 9.84 Å². The first-order valence-corrected chi connectivity index (χ1v) is 17.1. The summed E-state index contributed by atoms with van der Waals surface area (Å²) in [6.45, 7) is 3.43. The van der Waals surface area contributed by atoms with Crippen molar-refractivity contribution >= 4 is 61.5 Å². The van der Waals surface area contributed by atoms with E-state index in [4.69, 9.17) is 27.9 Å². The van der Waals surface area contributed by atoms with Gasteiger partial charge in [-0.05, 0) is 105 Å². The van der Waals surface area contributed by atoms with E-state index in [0.29, 0.717) is 45.8 Å². The number of aromatic nitrogens is 3. The molecule has 2 aliphatic heterocycles. The molecule has 0 aliphatic carbocycles. The highest BCUT2D eigenvalue weighted by atomic mass is 35.5. The van der Waals surface area contributed by atoms with E-state index in [2.05, 4.69) is 43.8 Å². The van der Waals surface area contributed by atoms with Gasteiger partial charge in [0.1, 0.15) is 5.52 Å². The number of hydrogen-bond donors (Lipinski definition) is 3. The van der Waals surface area contributed by atoms with Gasteiger partial charge in [0.15, 0.2) is 20.7 Å². The monoisotopic (exact) mass is 656 g/mol. The van der Waals surface area contributed by atoms with Crippen LogP contribution in [0.15, 0.2) is 53.6 Å². The van der Waals surface area contributed by atoms with E-state index in [-0.39, 0.29) is 34.1 Å². The zero-order valence-electron chi connectivity index (χ0n) is 24.3. The summed E-state index contributed by atoms with van der Waals surface area (Å²) in [7, 11) is -1.75. The largest absolute Gasteiger partial charge is 0.381 e. The number of aromatic amines is 1. The normalized spacial score (nSPS) is 17.2. The third-order valence-corrected chi connectivity index (χ3v) is 10.5. The number of likely N-dealkylation sites (tertiary alicyclic amines) is 1. The molecule has 2 aliphatic rings. The minimum atomic E-state index is -3.89. The number of benzene rings is 2. The van der Waals surface area contributed by atoms with Crippen molar-refractivity contribution in [1.29, 1.82) is 0 Å². The summed E-state index contributed by atoms with van der Waals surface area (Å²) in [5, 5.41) is 14.0. The molecule has 6 rings (SSSR count). The molecule has 2 aromatic carbocycles. The van der Waals surface area contributed by atoms with Gasteiger partial charge < -0.3 is 20.3 Å². The van der Waals surface area contributed by atoms with Crippen LogP contribution in [0.3, 0.4) is 0 Å². The number of H-pyrrole nitrogens is 1. The lowest BCUT2D eigenvalue weighted by atomic mass is 9.88. The molecule has 4 heterocycles. The Balaban J connectivity index is 1.27. The van der Waals surface area contributed by atoms with Crippen LogP contribution in [0.2, 0.25) is 10.0 Å². The molecule has 0 unspecified atom stereocenters. The average Bonchev–Trinajstić information content (AvgIpc) is 3.41. The van der Waals surface area contributed by atoms with E-state index in [9.17, 15) is 13.2 Å². The molecule has 1 amide bonds. The first-order chi connectivity index (χ1) is 21.2. The van der Waals surface area contributed by atoms with Crippen molar-refractivity contribution in [2.75, 3.05) is 44.0 Å². The number of anilines is 2. The second kappa shape index (κ2) is 13.0. The Labute approximate surface area is 266 Å². The number of carbonyl (C=O) groups excluding carboxylic acids is 1. The second-order valence-electron chi connectivity index (χ2n) is 11.5. The third-order valence-electron chi connectivity index (χ3n) is 8.35. The number of amides is 1. The predicted octanol–water partition coefficient (Wildman–Crippen LogP) is 5.89. The molecule has 44 heavy (non-hydrogen) atoms. The maximum atomic E-state index is 13.7. The molecule has 0 bridgehead atoms. The number of hydrogen-bond acceptors (Lipinski definition) is 8. The quantitative estimate of drug-likeness (QED) is 0.214. The van der Waals surface area contributed by atoms with Gasteiger partial charge >= 0.3 is 0 Å². The summed E-state index contributed by atoms with van der Waals surface area (Å²) in [4.78, 5) is 20.5. The summed E-state index contributed by atoms with van der Waals surface area (Å²) in [5.41, 5.74) is 3.54. The van der Waals surface area contributed by atoms with E-state index in [0.717, 1.165) is 44.5 Å². The Morgan fingerprint density at radius 2 is 1.82 bits per heavy atom. The van der Waals surface area contributed by atoms with Crippen molar-refractivity contribution in [2.24, 2.45) is 0 Å². The van der Waals surface area contributed by atoms with Crippen LogP contribution in [-0.2, 0) is 20.3 Å². The van der Waals surface area contributed by atoms with Crippen LogP contribution in [0.25, 0.3) is 11.0 Å². The van der Waals surface area contributed by atoms with Crippen LogP contribution in [0.1, 0.15) is 53.1 Å². The third kappa shape index (κ3) is 6.87. The van der Waals surface area contributed by atoms with Crippen molar-refractivity contribution in [3.63, 3.8) is 0 Å². The Hall–Kier alpha value is -3.22. The minimum Gasteiger partial charge on any atom is -0.381 e. The lowest BCUT2D eigenvalue weighted by Gasteiger charge is -2.30. The van der Waals surface area contributed by atoms with Gasteiger partial charge in [0.2, 0.25) is 0 Å². The maximum Gasteiger partial charge on any atom is 0.259 e. The van der Waals surface area contributed by atoms with Gasteiger partial charge in [0.05, 0.1) is 16.8 Å². The zero-order chi connectivity index (χ0) is 30.8. The average molecular weight is 658 g/mol. The van der Waals surface area contributed by atoms with E-state index in [1.807, 2.05) is 12.1 Å². The number of ether oxygens (including phenoxy) is 1. The Bertz CT molecular complexity index is 1780. The smallest absolute Gasteiger partial charge is 0.259 e. The molecule has 13 heteroatoms. The number of nitrogens with one attached hydrogen (secondary N) is 3. The fraction of sp³-hybridized carbons (Fsp3) is 0.387. The number of pyridine rings is 1. The molecule has 0 atom stereocenters. The Morgan fingerprint density at radius 1 is 1.05 bits per heavy atom. The molecule has 0 spiro atoms. The first-order valence-electron chi connectivity index (χ1n) is 14.7. The topological polar surface area (TPSA) is 129 Å². The number of halogens is 2. The van der Waals surface area contributed by atoms with Gasteiger partial charge in [-0.3, -0.25) is 9.89 Å². The fourth-order valence-electron chi connectivity index (χ4n) is 5.79. The number of carbonyl (C=O) groups is 1. The van der Waals surface area contributed by atoms with Crippen LogP contribution in [0.5, 0.6) is 0 Å². The van der Waals surface area contributed by atoms with Gasteiger partial charge in [-0.15, -0.1) is 0 Å². The molecule has 10 nitrogen and oxygen atoms in total. The minimum absolute atomic E-state index is 0.138. The standard InChI is InChI=1S/C31H34Cl2N6O4S/c1-39-12-8-19(9-13-39)20-2-4-24(27(17-20)34-23-10-14-43-15-11-23)31(40)36-30-29-26(37-38-30)6-7-28(35-29)44(41,42)18-21-16-22(32)3-5-25(21)33/h2-7,16-17,19,23,34H,8-15,18H2,1H3,(H2,36,37,38,40). The van der Waals surface area contributed by atoms with Crippen LogP contribution in [0.4, 0.5) is 11.5 Å². The van der Waals surface area contributed by atoms with E-state index in [1.165, 1.54) is 17.7 Å². The second-order valence-corrected chi connectivity index (χ2v) is 14.3. The van der Waals surface area contributed by atoms with Gasteiger partial charge in [-0.1, -0.05) is 29.3 Å². The van der Waals surface area contributed by atoms with Gasteiger partial charge in [-0.25, -0.2) is 13.4 Å². The van der Waals surface area contributed by atoms with Gasteiger partial charge in [0.25, 0.3) is 5.91 Å². The molecule has 2 aromatic heterocycles.